The Bertz CT molecular complexity index is 276. The van der Waals surface area contributed by atoms with Crippen molar-refractivity contribution in [1.29, 1.82) is 0 Å². The van der Waals surface area contributed by atoms with Crippen LogP contribution in [0.25, 0.3) is 0 Å². The Hall–Kier alpha value is 0.140. The Kier molecular flexibility index (Phi) is 2.53. The highest BCUT2D eigenvalue weighted by molar-refractivity contribution is 9.10. The summed E-state index contributed by atoms with van der Waals surface area (Å²) >= 11 is 5.49. The standard InChI is InChI=1S/C9H12BrNS/c1-6-5-12-9(8(6)10)7-3-2-4-11-7/h5,7,11H,2-4H2,1H3. The average molecular weight is 246 g/mol. The van der Waals surface area contributed by atoms with Gasteiger partial charge < -0.3 is 5.32 Å². The van der Waals surface area contributed by atoms with Crippen LogP contribution in [0.5, 0.6) is 0 Å². The third-order valence-electron chi connectivity index (χ3n) is 2.30. The molecule has 1 unspecified atom stereocenters. The second-order valence-corrected chi connectivity index (χ2v) is 4.95. The van der Waals surface area contributed by atoms with Crippen molar-refractivity contribution in [3.05, 3.63) is 20.3 Å². The van der Waals surface area contributed by atoms with E-state index in [1.165, 1.54) is 34.3 Å². The van der Waals surface area contributed by atoms with Gasteiger partial charge in [-0.15, -0.1) is 11.3 Å². The number of hydrogen-bond donors (Lipinski definition) is 1. The van der Waals surface area contributed by atoms with Gasteiger partial charge in [0.25, 0.3) is 0 Å². The molecule has 1 aliphatic heterocycles. The van der Waals surface area contributed by atoms with Crippen LogP contribution < -0.4 is 5.32 Å². The summed E-state index contributed by atoms with van der Waals surface area (Å²) in [5.41, 5.74) is 1.36. The van der Waals surface area contributed by atoms with Gasteiger partial charge in [-0.2, -0.15) is 0 Å². The van der Waals surface area contributed by atoms with E-state index in [4.69, 9.17) is 0 Å². The first-order chi connectivity index (χ1) is 5.79. The van der Waals surface area contributed by atoms with E-state index in [9.17, 15) is 0 Å². The summed E-state index contributed by atoms with van der Waals surface area (Å²) in [5.74, 6) is 0. The van der Waals surface area contributed by atoms with Crippen molar-refractivity contribution in [2.75, 3.05) is 6.54 Å². The quantitative estimate of drug-likeness (QED) is 0.802. The highest BCUT2D eigenvalue weighted by Crippen LogP contribution is 2.36. The topological polar surface area (TPSA) is 12.0 Å². The lowest BCUT2D eigenvalue weighted by molar-refractivity contribution is 0.657. The molecule has 1 fully saturated rings. The molecule has 3 heteroatoms. The molecule has 0 radical (unpaired) electrons. The van der Waals surface area contributed by atoms with Crippen molar-refractivity contribution >= 4 is 27.3 Å². The fourth-order valence-electron chi connectivity index (χ4n) is 1.59. The van der Waals surface area contributed by atoms with Crippen LogP contribution in [0.3, 0.4) is 0 Å². The van der Waals surface area contributed by atoms with Crippen LogP contribution in [-0.4, -0.2) is 6.54 Å². The maximum absolute atomic E-state index is 3.63. The van der Waals surface area contributed by atoms with E-state index >= 15 is 0 Å². The second-order valence-electron chi connectivity index (χ2n) is 3.25. The van der Waals surface area contributed by atoms with Crippen LogP contribution in [0.2, 0.25) is 0 Å². The van der Waals surface area contributed by atoms with Crippen molar-refractivity contribution in [2.24, 2.45) is 0 Å². The minimum atomic E-state index is 0.609. The molecule has 1 aromatic rings. The van der Waals surface area contributed by atoms with Gasteiger partial charge in [-0.05, 0) is 53.2 Å². The van der Waals surface area contributed by atoms with Crippen molar-refractivity contribution in [3.63, 3.8) is 0 Å². The molecule has 0 bridgehead atoms. The maximum Gasteiger partial charge on any atom is 0.0426 e. The SMILES string of the molecule is Cc1csc(C2CCCN2)c1Br. The first kappa shape index (κ1) is 8.73. The largest absolute Gasteiger partial charge is 0.309 e. The molecule has 66 valence electrons. The molecule has 12 heavy (non-hydrogen) atoms. The van der Waals surface area contributed by atoms with Gasteiger partial charge in [-0.1, -0.05) is 0 Å². The van der Waals surface area contributed by atoms with Crippen molar-refractivity contribution in [3.8, 4) is 0 Å². The zero-order valence-corrected chi connectivity index (χ0v) is 9.46. The number of halogens is 1. The van der Waals surface area contributed by atoms with Gasteiger partial charge in [-0.25, -0.2) is 0 Å². The Balaban J connectivity index is 2.26. The molecule has 0 aromatic carbocycles. The van der Waals surface area contributed by atoms with E-state index < -0.39 is 0 Å². The first-order valence-electron chi connectivity index (χ1n) is 4.26. The van der Waals surface area contributed by atoms with Crippen molar-refractivity contribution in [2.45, 2.75) is 25.8 Å². The van der Waals surface area contributed by atoms with Crippen LogP contribution in [0.15, 0.2) is 9.85 Å². The van der Waals surface area contributed by atoms with Crippen molar-refractivity contribution in [1.82, 2.24) is 5.32 Å². The summed E-state index contributed by atoms with van der Waals surface area (Å²) in [7, 11) is 0. The summed E-state index contributed by atoms with van der Waals surface area (Å²) in [6, 6.07) is 0.609. The van der Waals surface area contributed by atoms with Gasteiger partial charge in [0.05, 0.1) is 0 Å². The third-order valence-corrected chi connectivity index (χ3v) is 4.83. The smallest absolute Gasteiger partial charge is 0.0426 e. The summed E-state index contributed by atoms with van der Waals surface area (Å²) in [5, 5.41) is 5.73. The van der Waals surface area contributed by atoms with Crippen LogP contribution in [0.4, 0.5) is 0 Å². The Morgan fingerprint density at radius 3 is 3.00 bits per heavy atom. The van der Waals surface area contributed by atoms with Crippen LogP contribution >= 0.6 is 27.3 Å². The maximum atomic E-state index is 3.63. The van der Waals surface area contributed by atoms with E-state index in [-0.39, 0.29) is 0 Å². The molecule has 2 heterocycles. The van der Waals surface area contributed by atoms with Gasteiger partial charge in [-0.3, -0.25) is 0 Å². The summed E-state index contributed by atoms with van der Waals surface area (Å²) in [4.78, 5) is 1.48. The number of hydrogen-bond acceptors (Lipinski definition) is 2. The van der Waals surface area contributed by atoms with Crippen molar-refractivity contribution < 1.29 is 0 Å². The lowest BCUT2D eigenvalue weighted by Crippen LogP contribution is -2.11. The zero-order valence-electron chi connectivity index (χ0n) is 7.06. The number of thiophene rings is 1. The molecule has 1 saturated heterocycles. The molecule has 1 aromatic heterocycles. The molecular weight excluding hydrogens is 234 g/mol. The Labute approximate surface area is 85.3 Å². The van der Waals surface area contributed by atoms with Gasteiger partial charge in [0.15, 0.2) is 0 Å². The minimum Gasteiger partial charge on any atom is -0.309 e. The van der Waals surface area contributed by atoms with Gasteiger partial charge >= 0.3 is 0 Å². The zero-order chi connectivity index (χ0) is 8.55. The second kappa shape index (κ2) is 3.48. The number of aryl methyl sites for hydroxylation is 1. The molecule has 0 aliphatic carbocycles. The first-order valence-corrected chi connectivity index (χ1v) is 5.93. The lowest BCUT2D eigenvalue weighted by Gasteiger charge is -2.07. The van der Waals surface area contributed by atoms with E-state index in [1.807, 2.05) is 11.3 Å². The lowest BCUT2D eigenvalue weighted by atomic mass is 10.2. The van der Waals surface area contributed by atoms with E-state index in [2.05, 4.69) is 33.6 Å². The van der Waals surface area contributed by atoms with Crippen LogP contribution in [-0.2, 0) is 0 Å². The van der Waals surface area contributed by atoms with Gasteiger partial charge in [0.2, 0.25) is 0 Å². The van der Waals surface area contributed by atoms with Gasteiger partial charge in [0, 0.05) is 15.4 Å². The molecule has 0 amide bonds. The Morgan fingerprint density at radius 2 is 2.50 bits per heavy atom. The fourth-order valence-corrected chi connectivity index (χ4v) is 3.47. The Morgan fingerprint density at radius 1 is 1.67 bits per heavy atom. The predicted molar refractivity (Wildman–Crippen MR) is 56.7 cm³/mol. The molecule has 1 N–H and O–H groups in total. The minimum absolute atomic E-state index is 0.609. The highest BCUT2D eigenvalue weighted by atomic mass is 79.9. The summed E-state index contributed by atoms with van der Waals surface area (Å²) in [6.07, 6.45) is 2.60. The molecule has 1 aliphatic rings. The summed E-state index contributed by atoms with van der Waals surface area (Å²) < 4.78 is 1.31. The number of rotatable bonds is 1. The monoisotopic (exact) mass is 245 g/mol. The fraction of sp³-hybridized carbons (Fsp3) is 0.556. The predicted octanol–water partition coefficient (Wildman–Crippen LogP) is 3.24. The molecule has 1 atom stereocenters. The van der Waals surface area contributed by atoms with Gasteiger partial charge in [0.1, 0.15) is 0 Å². The van der Waals surface area contributed by atoms with E-state index in [0.29, 0.717) is 6.04 Å². The molecule has 2 rings (SSSR count). The molecule has 1 nitrogen and oxygen atoms in total. The summed E-state index contributed by atoms with van der Waals surface area (Å²) in [6.45, 7) is 3.33. The molecular formula is C9H12BrNS. The third kappa shape index (κ3) is 1.45. The van der Waals surface area contributed by atoms with E-state index in [0.717, 1.165) is 0 Å². The average Bonchev–Trinajstić information content (AvgIpc) is 2.64. The molecule has 0 spiro atoms. The van der Waals surface area contributed by atoms with Crippen LogP contribution in [0, 0.1) is 6.92 Å². The molecule has 0 saturated carbocycles. The normalized spacial score (nSPS) is 23.3. The number of nitrogens with one attached hydrogen (secondary N) is 1. The highest BCUT2D eigenvalue weighted by Gasteiger charge is 2.20. The van der Waals surface area contributed by atoms with Crippen LogP contribution in [0.1, 0.15) is 29.3 Å². The van der Waals surface area contributed by atoms with E-state index in [1.54, 1.807) is 0 Å².